The van der Waals surface area contributed by atoms with Crippen molar-refractivity contribution in [1.82, 2.24) is 0 Å². The number of aliphatic hydroxyl groups is 1. The summed E-state index contributed by atoms with van der Waals surface area (Å²) in [5, 5.41) is 8.06. The molecule has 1 fully saturated rings. The third-order valence-corrected chi connectivity index (χ3v) is 1.98. The minimum atomic E-state index is -0.167. The highest BCUT2D eigenvalue weighted by Crippen LogP contribution is 2.14. The molecule has 1 aliphatic rings. The lowest BCUT2D eigenvalue weighted by Gasteiger charge is -1.80. The average Bonchev–Trinajstić information content (AvgIpc) is 2.11. The Morgan fingerprint density at radius 3 is 1.67 bits per heavy atom. The number of rotatable bonds is 0. The molecule has 9 heavy (non-hydrogen) atoms. The molecule has 0 radical (unpaired) electrons. The van der Waals surface area contributed by atoms with Gasteiger partial charge in [-0.1, -0.05) is 0 Å². The van der Waals surface area contributed by atoms with Gasteiger partial charge in [0.2, 0.25) is 0 Å². The second-order valence-electron chi connectivity index (χ2n) is 2.41. The summed E-state index contributed by atoms with van der Waals surface area (Å²) < 4.78 is 0. The quantitative estimate of drug-likeness (QED) is 0.566. The predicted octanol–water partition coefficient (Wildman–Crippen LogP) is 1.90. The Morgan fingerprint density at radius 2 is 1.56 bits per heavy atom. The smallest absolute Gasteiger partial charge is 0.0483 e. The van der Waals surface area contributed by atoms with Crippen LogP contribution in [0.3, 0.4) is 0 Å². The van der Waals surface area contributed by atoms with E-state index in [4.69, 9.17) is 5.11 Å². The van der Waals surface area contributed by atoms with Crippen LogP contribution in [0.2, 0.25) is 0 Å². The van der Waals surface area contributed by atoms with E-state index in [-0.39, 0.29) is 6.10 Å². The first-order chi connectivity index (χ1) is 4.23. The Labute approximate surface area is 61.8 Å². The fourth-order valence-electron chi connectivity index (χ4n) is 0.510. The van der Waals surface area contributed by atoms with Crippen molar-refractivity contribution in [2.45, 2.75) is 32.8 Å². The van der Waals surface area contributed by atoms with Gasteiger partial charge in [0, 0.05) is 6.10 Å². The van der Waals surface area contributed by atoms with Gasteiger partial charge in [-0.05, 0) is 38.2 Å². The minimum Gasteiger partial charge on any atom is -0.394 e. The molecule has 0 spiro atoms. The second-order valence-corrected chi connectivity index (χ2v) is 3.64. The Morgan fingerprint density at radius 1 is 1.22 bits per heavy atom. The second kappa shape index (κ2) is 6.43. The molecule has 1 rings (SSSR count). The topological polar surface area (TPSA) is 20.2 Å². The molecule has 56 valence electrons. The van der Waals surface area contributed by atoms with Crippen LogP contribution in [-0.2, 0) is 0 Å². The molecule has 0 unspecified atom stereocenters. The third kappa shape index (κ3) is 11.7. The minimum absolute atomic E-state index is 0.167. The van der Waals surface area contributed by atoms with Gasteiger partial charge in [0.25, 0.3) is 0 Å². The van der Waals surface area contributed by atoms with E-state index in [1.54, 1.807) is 13.8 Å². The highest BCUT2D eigenvalue weighted by molar-refractivity contribution is 7.99. The Balaban J connectivity index is 0.000000148. The van der Waals surface area contributed by atoms with Crippen LogP contribution in [0, 0.1) is 0 Å². The first-order valence-corrected chi connectivity index (χ1v) is 4.64. The van der Waals surface area contributed by atoms with E-state index in [0.29, 0.717) is 0 Å². The zero-order valence-electron chi connectivity index (χ0n) is 6.26. The lowest BCUT2D eigenvalue weighted by atomic mass is 10.4. The van der Waals surface area contributed by atoms with Gasteiger partial charge in [-0.15, -0.1) is 0 Å². The highest BCUT2D eigenvalue weighted by atomic mass is 32.2. The zero-order valence-corrected chi connectivity index (χ0v) is 7.08. The normalized spacial score (nSPS) is 17.3. The molecule has 0 bridgehead atoms. The van der Waals surface area contributed by atoms with Gasteiger partial charge in [0.1, 0.15) is 0 Å². The summed E-state index contributed by atoms with van der Waals surface area (Å²) in [6.07, 6.45) is 2.76. The molecule has 1 aliphatic heterocycles. The SMILES string of the molecule is C1CCSC1.CC(C)O. The number of thioether (sulfide) groups is 1. The number of hydrogen-bond donors (Lipinski definition) is 1. The van der Waals surface area contributed by atoms with Gasteiger partial charge in [0.05, 0.1) is 0 Å². The van der Waals surface area contributed by atoms with E-state index in [2.05, 4.69) is 11.8 Å². The van der Waals surface area contributed by atoms with Crippen LogP contribution < -0.4 is 0 Å². The van der Waals surface area contributed by atoms with Crippen LogP contribution in [0.1, 0.15) is 26.7 Å². The van der Waals surface area contributed by atoms with Crippen molar-refractivity contribution in [2.24, 2.45) is 0 Å². The summed E-state index contributed by atoms with van der Waals surface area (Å²) in [6.45, 7) is 3.44. The monoisotopic (exact) mass is 148 g/mol. The van der Waals surface area contributed by atoms with E-state index in [1.165, 1.54) is 24.3 Å². The fourth-order valence-corrected chi connectivity index (χ4v) is 1.53. The Hall–Kier alpha value is 0.310. The number of hydrogen-bond acceptors (Lipinski definition) is 2. The maximum absolute atomic E-state index is 8.06. The molecule has 0 aromatic carbocycles. The molecule has 1 N–H and O–H groups in total. The molecule has 0 atom stereocenters. The van der Waals surface area contributed by atoms with E-state index in [0.717, 1.165) is 0 Å². The maximum Gasteiger partial charge on any atom is 0.0483 e. The maximum atomic E-state index is 8.06. The van der Waals surface area contributed by atoms with Crippen molar-refractivity contribution in [3.8, 4) is 0 Å². The molecule has 1 heterocycles. The van der Waals surface area contributed by atoms with Crippen LogP contribution in [-0.4, -0.2) is 22.7 Å². The van der Waals surface area contributed by atoms with Crippen LogP contribution in [0.15, 0.2) is 0 Å². The Kier molecular flexibility index (Phi) is 6.65. The van der Waals surface area contributed by atoms with Crippen LogP contribution in [0.25, 0.3) is 0 Å². The number of aliphatic hydroxyl groups excluding tert-OH is 1. The van der Waals surface area contributed by atoms with Crippen LogP contribution in [0.4, 0.5) is 0 Å². The van der Waals surface area contributed by atoms with Gasteiger partial charge in [-0.25, -0.2) is 0 Å². The summed E-state index contributed by atoms with van der Waals surface area (Å²) >= 11 is 2.07. The third-order valence-electron chi connectivity index (χ3n) is 0.827. The lowest BCUT2D eigenvalue weighted by Crippen LogP contribution is -1.85. The van der Waals surface area contributed by atoms with Crippen molar-refractivity contribution in [2.75, 3.05) is 11.5 Å². The largest absolute Gasteiger partial charge is 0.394 e. The standard InChI is InChI=1S/C4H8S.C3H8O/c1-2-4-5-3-1;1-3(2)4/h1-4H2;3-4H,1-2H3. The lowest BCUT2D eigenvalue weighted by molar-refractivity contribution is 0.216. The van der Waals surface area contributed by atoms with E-state index in [9.17, 15) is 0 Å². The van der Waals surface area contributed by atoms with Crippen molar-refractivity contribution < 1.29 is 5.11 Å². The summed E-state index contributed by atoms with van der Waals surface area (Å²) in [6, 6.07) is 0. The summed E-state index contributed by atoms with van der Waals surface area (Å²) in [4.78, 5) is 0. The van der Waals surface area contributed by atoms with Gasteiger partial charge >= 0.3 is 0 Å². The molecule has 0 aromatic rings. The first kappa shape index (κ1) is 9.31. The van der Waals surface area contributed by atoms with Gasteiger partial charge < -0.3 is 5.11 Å². The van der Waals surface area contributed by atoms with Crippen molar-refractivity contribution in [1.29, 1.82) is 0 Å². The summed E-state index contributed by atoms with van der Waals surface area (Å²) in [5.41, 5.74) is 0. The molecule has 0 aliphatic carbocycles. The fraction of sp³-hybridized carbons (Fsp3) is 1.00. The van der Waals surface area contributed by atoms with Crippen LogP contribution >= 0.6 is 11.8 Å². The Bertz CT molecular complexity index is 40.5. The van der Waals surface area contributed by atoms with Gasteiger partial charge in [-0.2, -0.15) is 11.8 Å². The molecule has 0 amide bonds. The van der Waals surface area contributed by atoms with E-state index in [1.807, 2.05) is 0 Å². The molecular weight excluding hydrogens is 132 g/mol. The van der Waals surface area contributed by atoms with Crippen molar-refractivity contribution in [3.63, 3.8) is 0 Å². The first-order valence-electron chi connectivity index (χ1n) is 3.49. The van der Waals surface area contributed by atoms with E-state index < -0.39 is 0 Å². The zero-order chi connectivity index (χ0) is 7.11. The molecule has 1 saturated heterocycles. The van der Waals surface area contributed by atoms with E-state index >= 15 is 0 Å². The molecular formula is C7H16OS. The molecule has 1 nitrogen and oxygen atoms in total. The van der Waals surface area contributed by atoms with Crippen molar-refractivity contribution >= 4 is 11.8 Å². The highest BCUT2D eigenvalue weighted by Gasteiger charge is 1.95. The van der Waals surface area contributed by atoms with Crippen molar-refractivity contribution in [3.05, 3.63) is 0 Å². The summed E-state index contributed by atoms with van der Waals surface area (Å²) in [7, 11) is 0. The average molecular weight is 148 g/mol. The van der Waals surface area contributed by atoms with Gasteiger partial charge in [0.15, 0.2) is 0 Å². The molecule has 0 saturated carbocycles. The van der Waals surface area contributed by atoms with Crippen LogP contribution in [0.5, 0.6) is 0 Å². The van der Waals surface area contributed by atoms with Gasteiger partial charge in [-0.3, -0.25) is 0 Å². The predicted molar refractivity (Wildman–Crippen MR) is 43.9 cm³/mol. The summed E-state index contributed by atoms with van der Waals surface area (Å²) in [5.74, 6) is 2.83. The molecule has 2 heteroatoms. The molecule has 0 aromatic heterocycles.